The molecule has 1 spiro atoms. The van der Waals surface area contributed by atoms with Crippen LogP contribution in [0.2, 0.25) is 0 Å². The summed E-state index contributed by atoms with van der Waals surface area (Å²) >= 11 is 0. The second kappa shape index (κ2) is 8.72. The van der Waals surface area contributed by atoms with Crippen LogP contribution in [0.4, 0.5) is 0 Å². The summed E-state index contributed by atoms with van der Waals surface area (Å²) in [7, 11) is 0. The van der Waals surface area contributed by atoms with Crippen LogP contribution in [-0.2, 0) is 23.9 Å². The third-order valence-electron chi connectivity index (χ3n) is 7.53. The lowest BCUT2D eigenvalue weighted by atomic mass is 9.65. The predicted molar refractivity (Wildman–Crippen MR) is 120 cm³/mol. The van der Waals surface area contributed by atoms with Gasteiger partial charge in [0.25, 0.3) is 0 Å². The molecule has 3 aliphatic rings. The third-order valence-corrected chi connectivity index (χ3v) is 7.53. The van der Waals surface area contributed by atoms with Gasteiger partial charge in [-0.25, -0.2) is 0 Å². The molecule has 3 aliphatic heterocycles. The molecule has 1 aromatic rings. The van der Waals surface area contributed by atoms with Crippen molar-refractivity contribution >= 4 is 17.8 Å². The van der Waals surface area contributed by atoms with Crippen LogP contribution < -0.4 is 5.32 Å². The fraction of sp³-hybridized carbons (Fsp3) is 0.640. The number of carbonyl (C=O) groups excluding carboxylic acids is 3. The molecule has 3 heterocycles. The second-order valence-electron chi connectivity index (χ2n) is 9.60. The van der Waals surface area contributed by atoms with Gasteiger partial charge in [-0.15, -0.1) is 0 Å². The summed E-state index contributed by atoms with van der Waals surface area (Å²) in [6.45, 7) is 7.24. The SMILES string of the molecule is CCOC(=O)[C@@H]1[C@H]2C(=O)N([C@H](CO)c3ccccc3)C(C(=O)NC(C)C)C23CC[C@@]1(CC)O3. The van der Waals surface area contributed by atoms with E-state index >= 15 is 0 Å². The standard InChI is InChI=1S/C25H34N2O6/c1-5-24-12-13-25(33-24)18(19(24)23(31)32-6-2)22(30)27(20(25)21(29)26-15(3)4)17(14-28)16-10-8-7-9-11-16/h7-11,15,17-20,28H,5-6,12-14H2,1-4H3,(H,26,29)/t17-,18+,19+,20?,24-,25?/m1/s1. The predicted octanol–water partition coefficient (Wildman–Crippen LogP) is 1.96. The number of nitrogens with zero attached hydrogens (tertiary/aromatic N) is 1. The molecule has 180 valence electrons. The number of likely N-dealkylation sites (tertiary alicyclic amines) is 1. The highest BCUT2D eigenvalue weighted by atomic mass is 16.6. The van der Waals surface area contributed by atoms with E-state index in [1.54, 1.807) is 6.92 Å². The van der Waals surface area contributed by atoms with Crippen LogP contribution in [0.5, 0.6) is 0 Å². The van der Waals surface area contributed by atoms with E-state index in [1.807, 2.05) is 51.1 Å². The molecule has 1 aromatic carbocycles. The number of nitrogens with one attached hydrogen (secondary N) is 1. The third kappa shape index (κ3) is 3.46. The number of rotatable bonds is 8. The average molecular weight is 459 g/mol. The molecule has 0 aromatic heterocycles. The first-order valence-corrected chi connectivity index (χ1v) is 11.9. The molecule has 8 heteroatoms. The van der Waals surface area contributed by atoms with Crippen molar-refractivity contribution in [2.45, 2.75) is 76.3 Å². The Morgan fingerprint density at radius 2 is 1.94 bits per heavy atom. The number of ether oxygens (including phenoxy) is 2. The molecule has 3 fully saturated rings. The van der Waals surface area contributed by atoms with E-state index in [0.717, 1.165) is 5.56 Å². The molecular weight excluding hydrogens is 424 g/mol. The van der Waals surface area contributed by atoms with Crippen LogP contribution in [0.25, 0.3) is 0 Å². The minimum atomic E-state index is -1.13. The van der Waals surface area contributed by atoms with Crippen LogP contribution in [0.15, 0.2) is 30.3 Å². The lowest BCUT2D eigenvalue weighted by Gasteiger charge is -2.37. The van der Waals surface area contributed by atoms with E-state index in [0.29, 0.717) is 19.3 Å². The maximum absolute atomic E-state index is 14.1. The van der Waals surface area contributed by atoms with Gasteiger partial charge in [-0.05, 0) is 45.6 Å². The van der Waals surface area contributed by atoms with Crippen molar-refractivity contribution in [3.63, 3.8) is 0 Å². The van der Waals surface area contributed by atoms with E-state index in [4.69, 9.17) is 9.47 Å². The molecule has 0 saturated carbocycles. The first-order valence-electron chi connectivity index (χ1n) is 11.9. The number of benzene rings is 1. The molecule has 2 bridgehead atoms. The lowest BCUT2D eigenvalue weighted by molar-refractivity contribution is -0.162. The molecule has 0 radical (unpaired) electrons. The topological polar surface area (TPSA) is 105 Å². The van der Waals surface area contributed by atoms with Gasteiger partial charge in [-0.1, -0.05) is 37.3 Å². The minimum Gasteiger partial charge on any atom is -0.466 e. The van der Waals surface area contributed by atoms with Crippen molar-refractivity contribution in [1.82, 2.24) is 10.2 Å². The second-order valence-corrected chi connectivity index (χ2v) is 9.60. The van der Waals surface area contributed by atoms with Crippen molar-refractivity contribution in [3.05, 3.63) is 35.9 Å². The number of amides is 2. The Morgan fingerprint density at radius 3 is 2.52 bits per heavy atom. The Balaban J connectivity index is 1.85. The highest BCUT2D eigenvalue weighted by Crippen LogP contribution is 2.65. The summed E-state index contributed by atoms with van der Waals surface area (Å²) in [5, 5.41) is 13.3. The quantitative estimate of drug-likeness (QED) is 0.577. The van der Waals surface area contributed by atoms with Crippen LogP contribution >= 0.6 is 0 Å². The first-order chi connectivity index (χ1) is 15.8. The van der Waals surface area contributed by atoms with Crippen LogP contribution in [0.3, 0.4) is 0 Å². The molecule has 4 rings (SSSR count). The van der Waals surface area contributed by atoms with E-state index < -0.39 is 41.1 Å². The zero-order valence-electron chi connectivity index (χ0n) is 19.7. The van der Waals surface area contributed by atoms with Crippen molar-refractivity contribution in [3.8, 4) is 0 Å². The van der Waals surface area contributed by atoms with Gasteiger partial charge in [0, 0.05) is 6.04 Å². The van der Waals surface area contributed by atoms with Crippen molar-refractivity contribution < 1.29 is 29.0 Å². The van der Waals surface area contributed by atoms with Crippen molar-refractivity contribution in [1.29, 1.82) is 0 Å². The molecule has 2 N–H and O–H groups in total. The molecule has 3 saturated heterocycles. The Bertz CT molecular complexity index is 921. The van der Waals surface area contributed by atoms with Gasteiger partial charge in [0.15, 0.2) is 0 Å². The van der Waals surface area contributed by atoms with Gasteiger partial charge >= 0.3 is 5.97 Å². The largest absolute Gasteiger partial charge is 0.466 e. The number of carbonyl (C=O) groups is 3. The molecule has 6 atom stereocenters. The van der Waals surface area contributed by atoms with Gasteiger partial charge in [0.05, 0.1) is 30.8 Å². The first kappa shape index (κ1) is 23.7. The molecule has 8 nitrogen and oxygen atoms in total. The maximum atomic E-state index is 14.1. The van der Waals surface area contributed by atoms with Gasteiger partial charge < -0.3 is 24.8 Å². The van der Waals surface area contributed by atoms with Gasteiger partial charge in [0.2, 0.25) is 11.8 Å². The Labute approximate surface area is 194 Å². The number of fused-ring (bicyclic) bond motifs is 1. The fourth-order valence-corrected chi connectivity index (χ4v) is 6.27. The van der Waals surface area contributed by atoms with Gasteiger partial charge in [-0.2, -0.15) is 0 Å². The zero-order valence-corrected chi connectivity index (χ0v) is 19.7. The monoisotopic (exact) mass is 458 g/mol. The number of hydrogen-bond acceptors (Lipinski definition) is 6. The summed E-state index contributed by atoms with van der Waals surface area (Å²) in [6.07, 6.45) is 1.61. The average Bonchev–Trinajstić information content (AvgIpc) is 3.39. The summed E-state index contributed by atoms with van der Waals surface area (Å²) in [6, 6.07) is 7.33. The highest BCUT2D eigenvalue weighted by molar-refractivity contribution is 5.98. The van der Waals surface area contributed by atoms with E-state index in [2.05, 4.69) is 5.32 Å². The minimum absolute atomic E-state index is 0.145. The molecule has 0 aliphatic carbocycles. The Kier molecular flexibility index (Phi) is 6.26. The normalized spacial score (nSPS) is 33.3. The maximum Gasteiger partial charge on any atom is 0.312 e. The summed E-state index contributed by atoms with van der Waals surface area (Å²) in [5.74, 6) is -2.73. The Hall–Kier alpha value is -2.45. The van der Waals surface area contributed by atoms with Crippen LogP contribution in [0, 0.1) is 11.8 Å². The molecule has 33 heavy (non-hydrogen) atoms. The Morgan fingerprint density at radius 1 is 1.24 bits per heavy atom. The van der Waals surface area contributed by atoms with E-state index in [-0.39, 0.29) is 31.1 Å². The lowest BCUT2D eigenvalue weighted by Crippen LogP contribution is -2.57. The van der Waals surface area contributed by atoms with E-state index in [9.17, 15) is 19.5 Å². The van der Waals surface area contributed by atoms with Crippen molar-refractivity contribution in [2.75, 3.05) is 13.2 Å². The molecule has 2 unspecified atom stereocenters. The number of aliphatic hydroxyl groups excluding tert-OH is 1. The molecular formula is C25H34N2O6. The number of aliphatic hydroxyl groups is 1. The van der Waals surface area contributed by atoms with Gasteiger partial charge in [0.1, 0.15) is 17.6 Å². The number of hydrogen-bond donors (Lipinski definition) is 2. The highest BCUT2D eigenvalue weighted by Gasteiger charge is 2.79. The zero-order chi connectivity index (χ0) is 24.0. The smallest absolute Gasteiger partial charge is 0.312 e. The summed E-state index contributed by atoms with van der Waals surface area (Å²) in [4.78, 5) is 42.3. The van der Waals surface area contributed by atoms with Crippen LogP contribution in [-0.4, -0.2) is 64.3 Å². The van der Waals surface area contributed by atoms with Crippen molar-refractivity contribution in [2.24, 2.45) is 11.8 Å². The summed E-state index contributed by atoms with van der Waals surface area (Å²) < 4.78 is 12.0. The van der Waals surface area contributed by atoms with Gasteiger partial charge in [-0.3, -0.25) is 14.4 Å². The summed E-state index contributed by atoms with van der Waals surface area (Å²) in [5.41, 5.74) is -1.23. The number of esters is 1. The van der Waals surface area contributed by atoms with Crippen LogP contribution in [0.1, 0.15) is 58.6 Å². The van der Waals surface area contributed by atoms with E-state index in [1.165, 1.54) is 4.90 Å². The fourth-order valence-electron chi connectivity index (χ4n) is 6.27. The molecule has 2 amide bonds.